The van der Waals surface area contributed by atoms with Gasteiger partial charge in [-0.05, 0) is 32.8 Å². The van der Waals surface area contributed by atoms with E-state index in [1.165, 1.54) is 4.90 Å². The summed E-state index contributed by atoms with van der Waals surface area (Å²) in [7, 11) is 0. The van der Waals surface area contributed by atoms with Gasteiger partial charge in [0.15, 0.2) is 0 Å². The standard InChI is InChI=1S/C17H23NO5/c1-16(2,3)23-15(21)18-11-7-10-17(18,14(19)20)22-12-13-8-5-4-6-9-13/h4-6,8-9H,7,10-12H2,1-3H3,(H,19,20). The molecule has 1 aliphatic heterocycles. The van der Waals surface area contributed by atoms with Crippen molar-refractivity contribution in [2.75, 3.05) is 6.54 Å². The highest BCUT2D eigenvalue weighted by atomic mass is 16.6. The Balaban J connectivity index is 2.17. The Labute approximate surface area is 136 Å². The average Bonchev–Trinajstić information content (AvgIpc) is 2.90. The fraction of sp³-hybridized carbons (Fsp3) is 0.529. The predicted molar refractivity (Wildman–Crippen MR) is 83.8 cm³/mol. The molecule has 1 atom stereocenters. The van der Waals surface area contributed by atoms with Gasteiger partial charge in [-0.15, -0.1) is 0 Å². The third kappa shape index (κ3) is 4.01. The normalized spacial score (nSPS) is 21.3. The van der Waals surface area contributed by atoms with Crippen LogP contribution in [0.5, 0.6) is 0 Å². The van der Waals surface area contributed by atoms with E-state index in [-0.39, 0.29) is 13.0 Å². The van der Waals surface area contributed by atoms with Gasteiger partial charge >= 0.3 is 12.1 Å². The number of nitrogens with zero attached hydrogens (tertiary/aromatic N) is 1. The fourth-order valence-corrected chi connectivity index (χ4v) is 2.56. The summed E-state index contributed by atoms with van der Waals surface area (Å²) in [6, 6.07) is 9.28. The molecule has 1 aromatic rings. The first-order chi connectivity index (χ1) is 10.7. The summed E-state index contributed by atoms with van der Waals surface area (Å²) in [5.74, 6) is -1.17. The maximum absolute atomic E-state index is 12.4. The third-order valence-corrected chi connectivity index (χ3v) is 3.60. The number of hydrogen-bond donors (Lipinski definition) is 1. The minimum absolute atomic E-state index is 0.117. The van der Waals surface area contributed by atoms with E-state index < -0.39 is 23.4 Å². The molecule has 1 aromatic carbocycles. The maximum atomic E-state index is 12.4. The molecule has 2 rings (SSSR count). The molecule has 23 heavy (non-hydrogen) atoms. The highest BCUT2D eigenvalue weighted by Gasteiger charge is 2.52. The van der Waals surface area contributed by atoms with E-state index in [1.807, 2.05) is 30.3 Å². The number of benzene rings is 1. The zero-order valence-corrected chi connectivity index (χ0v) is 13.7. The van der Waals surface area contributed by atoms with Gasteiger partial charge in [0.25, 0.3) is 0 Å². The Morgan fingerprint density at radius 2 is 1.91 bits per heavy atom. The molecular weight excluding hydrogens is 298 g/mol. The van der Waals surface area contributed by atoms with Crippen LogP contribution >= 0.6 is 0 Å². The third-order valence-electron chi connectivity index (χ3n) is 3.60. The van der Waals surface area contributed by atoms with Crippen LogP contribution in [0, 0.1) is 0 Å². The lowest BCUT2D eigenvalue weighted by Gasteiger charge is -2.35. The fourth-order valence-electron chi connectivity index (χ4n) is 2.56. The zero-order valence-electron chi connectivity index (χ0n) is 13.7. The van der Waals surface area contributed by atoms with E-state index in [1.54, 1.807) is 20.8 Å². The van der Waals surface area contributed by atoms with Gasteiger partial charge in [-0.3, -0.25) is 4.90 Å². The molecule has 0 spiro atoms. The summed E-state index contributed by atoms with van der Waals surface area (Å²) in [5, 5.41) is 9.68. The molecule has 1 amide bonds. The van der Waals surface area contributed by atoms with Crippen LogP contribution in [-0.2, 0) is 20.9 Å². The number of carboxylic acid groups (broad SMARTS) is 1. The molecule has 6 nitrogen and oxygen atoms in total. The summed E-state index contributed by atoms with van der Waals surface area (Å²) in [6.45, 7) is 5.65. The molecular formula is C17H23NO5. The minimum Gasteiger partial charge on any atom is -0.478 e. The lowest BCUT2D eigenvalue weighted by atomic mass is 10.1. The van der Waals surface area contributed by atoms with E-state index in [2.05, 4.69) is 0 Å². The van der Waals surface area contributed by atoms with Gasteiger partial charge in [0, 0.05) is 13.0 Å². The van der Waals surface area contributed by atoms with Crippen LogP contribution in [0.2, 0.25) is 0 Å². The molecule has 1 heterocycles. The van der Waals surface area contributed by atoms with Gasteiger partial charge in [-0.1, -0.05) is 30.3 Å². The Morgan fingerprint density at radius 3 is 2.48 bits per heavy atom. The second-order valence-corrected chi connectivity index (χ2v) is 6.60. The Bertz CT molecular complexity index is 566. The van der Waals surface area contributed by atoms with Crippen molar-refractivity contribution in [2.45, 2.75) is 51.5 Å². The molecule has 0 aromatic heterocycles. The van der Waals surface area contributed by atoms with Crippen LogP contribution in [0.1, 0.15) is 39.2 Å². The van der Waals surface area contributed by atoms with Gasteiger partial charge in [0.1, 0.15) is 5.60 Å². The quantitative estimate of drug-likeness (QED) is 0.922. The molecule has 1 N–H and O–H groups in total. The Hall–Kier alpha value is -2.08. The van der Waals surface area contributed by atoms with E-state index in [4.69, 9.17) is 9.47 Å². The van der Waals surface area contributed by atoms with Crippen LogP contribution in [0.25, 0.3) is 0 Å². The molecule has 6 heteroatoms. The van der Waals surface area contributed by atoms with Gasteiger partial charge in [0.2, 0.25) is 5.72 Å². The first-order valence-electron chi connectivity index (χ1n) is 7.66. The molecule has 0 bridgehead atoms. The average molecular weight is 321 g/mol. The highest BCUT2D eigenvalue weighted by Crippen LogP contribution is 2.33. The van der Waals surface area contributed by atoms with Gasteiger partial charge in [-0.25, -0.2) is 9.59 Å². The zero-order chi connectivity index (χ0) is 17.1. The molecule has 0 saturated carbocycles. The van der Waals surface area contributed by atoms with Crippen LogP contribution in [0.15, 0.2) is 30.3 Å². The van der Waals surface area contributed by atoms with Crippen molar-refractivity contribution in [2.24, 2.45) is 0 Å². The van der Waals surface area contributed by atoms with Crippen LogP contribution in [-0.4, -0.2) is 39.9 Å². The number of ether oxygens (including phenoxy) is 2. The van der Waals surface area contributed by atoms with Crippen molar-refractivity contribution in [3.8, 4) is 0 Å². The topological polar surface area (TPSA) is 76.1 Å². The summed E-state index contributed by atoms with van der Waals surface area (Å²) >= 11 is 0. The van der Waals surface area contributed by atoms with Crippen molar-refractivity contribution in [1.82, 2.24) is 4.90 Å². The largest absolute Gasteiger partial charge is 0.478 e. The van der Waals surface area contributed by atoms with E-state index in [0.717, 1.165) is 5.56 Å². The number of carboxylic acids is 1. The number of carbonyl (C=O) groups is 2. The predicted octanol–water partition coefficient (Wildman–Crippen LogP) is 3.02. The highest BCUT2D eigenvalue weighted by molar-refractivity contribution is 5.83. The summed E-state index contributed by atoms with van der Waals surface area (Å²) in [4.78, 5) is 25.4. The minimum atomic E-state index is -1.67. The summed E-state index contributed by atoms with van der Waals surface area (Å²) < 4.78 is 11.0. The molecule has 0 radical (unpaired) electrons. The van der Waals surface area contributed by atoms with Crippen molar-refractivity contribution in [3.05, 3.63) is 35.9 Å². The smallest absolute Gasteiger partial charge is 0.413 e. The Morgan fingerprint density at radius 1 is 1.26 bits per heavy atom. The van der Waals surface area contributed by atoms with Crippen molar-refractivity contribution >= 4 is 12.1 Å². The van der Waals surface area contributed by atoms with Crippen molar-refractivity contribution < 1.29 is 24.2 Å². The second-order valence-electron chi connectivity index (χ2n) is 6.60. The SMILES string of the molecule is CC(C)(C)OC(=O)N1CCCC1(OCc1ccccc1)C(=O)O. The monoisotopic (exact) mass is 321 g/mol. The molecule has 0 aliphatic carbocycles. The molecule has 1 fully saturated rings. The van der Waals surface area contributed by atoms with Crippen molar-refractivity contribution in [3.63, 3.8) is 0 Å². The van der Waals surface area contributed by atoms with Gasteiger partial charge < -0.3 is 14.6 Å². The van der Waals surface area contributed by atoms with E-state index in [9.17, 15) is 14.7 Å². The number of hydrogen-bond acceptors (Lipinski definition) is 4. The van der Waals surface area contributed by atoms with Crippen LogP contribution in [0.4, 0.5) is 4.79 Å². The molecule has 126 valence electrons. The number of rotatable bonds is 4. The van der Waals surface area contributed by atoms with Crippen LogP contribution < -0.4 is 0 Å². The molecule has 1 unspecified atom stereocenters. The van der Waals surface area contributed by atoms with Gasteiger partial charge in [0.05, 0.1) is 6.61 Å². The van der Waals surface area contributed by atoms with E-state index in [0.29, 0.717) is 13.0 Å². The first-order valence-corrected chi connectivity index (χ1v) is 7.66. The number of aliphatic carboxylic acids is 1. The number of amides is 1. The lowest BCUT2D eigenvalue weighted by molar-refractivity contribution is -0.190. The maximum Gasteiger partial charge on any atom is 0.413 e. The number of carbonyl (C=O) groups excluding carboxylic acids is 1. The van der Waals surface area contributed by atoms with Crippen molar-refractivity contribution in [1.29, 1.82) is 0 Å². The summed E-state index contributed by atoms with van der Waals surface area (Å²) in [6.07, 6.45) is 0.139. The van der Waals surface area contributed by atoms with Gasteiger partial charge in [-0.2, -0.15) is 0 Å². The lowest BCUT2D eigenvalue weighted by Crippen LogP contribution is -2.55. The molecule has 1 saturated heterocycles. The second kappa shape index (κ2) is 6.58. The Kier molecular flexibility index (Phi) is 4.94. The summed E-state index contributed by atoms with van der Waals surface area (Å²) in [5.41, 5.74) is -1.51. The van der Waals surface area contributed by atoms with E-state index >= 15 is 0 Å². The van der Waals surface area contributed by atoms with Crippen LogP contribution in [0.3, 0.4) is 0 Å². The number of likely N-dealkylation sites (tertiary alicyclic amines) is 1. The first kappa shape index (κ1) is 17.3. The molecule has 1 aliphatic rings.